The first-order chi connectivity index (χ1) is 10.7. The van der Waals surface area contributed by atoms with E-state index in [0.717, 1.165) is 17.1 Å². The maximum Gasteiger partial charge on any atom is 0.271 e. The van der Waals surface area contributed by atoms with Crippen molar-refractivity contribution in [1.82, 2.24) is 24.8 Å². The number of H-pyrrole nitrogens is 1. The highest BCUT2D eigenvalue weighted by molar-refractivity contribution is 7.08. The molecule has 0 spiro atoms. The Bertz CT molecular complexity index is 797. The third kappa shape index (κ3) is 2.97. The maximum atomic E-state index is 12.2. The Balaban J connectivity index is 1.77. The van der Waals surface area contributed by atoms with E-state index in [2.05, 4.69) is 30.1 Å². The third-order valence-electron chi connectivity index (χ3n) is 2.93. The molecular formula is C13H11ClN6OS. The van der Waals surface area contributed by atoms with Crippen molar-refractivity contribution in [3.63, 3.8) is 0 Å². The zero-order chi connectivity index (χ0) is 15.5. The molecule has 1 amide bonds. The Morgan fingerprint density at radius 1 is 1.36 bits per heavy atom. The molecule has 0 saturated heterocycles. The van der Waals surface area contributed by atoms with Crippen molar-refractivity contribution in [3.8, 4) is 11.4 Å². The summed E-state index contributed by atoms with van der Waals surface area (Å²) < 4.78 is 3.79. The van der Waals surface area contributed by atoms with Gasteiger partial charge in [0.15, 0.2) is 5.82 Å². The minimum absolute atomic E-state index is 0.199. The number of benzene rings is 1. The van der Waals surface area contributed by atoms with Crippen LogP contribution in [0.15, 0.2) is 24.3 Å². The summed E-state index contributed by atoms with van der Waals surface area (Å²) in [5.74, 6) is 0.434. The van der Waals surface area contributed by atoms with E-state index >= 15 is 0 Å². The van der Waals surface area contributed by atoms with E-state index in [0.29, 0.717) is 27.8 Å². The van der Waals surface area contributed by atoms with Crippen LogP contribution in [0.2, 0.25) is 5.02 Å². The molecule has 0 saturated carbocycles. The predicted molar refractivity (Wildman–Crippen MR) is 84.1 cm³/mol. The highest BCUT2D eigenvalue weighted by Crippen LogP contribution is 2.19. The van der Waals surface area contributed by atoms with Gasteiger partial charge in [-0.25, -0.2) is 0 Å². The zero-order valence-electron chi connectivity index (χ0n) is 11.5. The number of anilines is 1. The number of carbonyl (C=O) groups excluding carboxylic acids is 1. The van der Waals surface area contributed by atoms with Gasteiger partial charge < -0.3 is 0 Å². The summed E-state index contributed by atoms with van der Waals surface area (Å²) in [4.78, 5) is 16.9. The van der Waals surface area contributed by atoms with Gasteiger partial charge in [-0.05, 0) is 42.2 Å². The van der Waals surface area contributed by atoms with Crippen molar-refractivity contribution in [2.75, 3.05) is 5.32 Å². The molecule has 9 heteroatoms. The molecule has 2 heterocycles. The third-order valence-corrected chi connectivity index (χ3v) is 3.94. The van der Waals surface area contributed by atoms with Gasteiger partial charge in [-0.1, -0.05) is 23.0 Å². The van der Waals surface area contributed by atoms with Crippen molar-refractivity contribution in [3.05, 3.63) is 39.9 Å². The summed E-state index contributed by atoms with van der Waals surface area (Å²) in [6.07, 6.45) is 0.642. The van der Waals surface area contributed by atoms with Crippen LogP contribution in [0.5, 0.6) is 0 Å². The molecule has 112 valence electrons. The van der Waals surface area contributed by atoms with E-state index in [1.165, 1.54) is 0 Å². The number of nitrogens with zero attached hydrogens (tertiary/aromatic N) is 4. The van der Waals surface area contributed by atoms with Gasteiger partial charge in [-0.2, -0.15) is 4.98 Å². The van der Waals surface area contributed by atoms with Crippen molar-refractivity contribution >= 4 is 35.0 Å². The maximum absolute atomic E-state index is 12.2. The molecular weight excluding hydrogens is 324 g/mol. The molecule has 0 fully saturated rings. The van der Waals surface area contributed by atoms with Crippen LogP contribution in [0.4, 0.5) is 5.95 Å². The molecule has 7 nitrogen and oxygen atoms in total. The Morgan fingerprint density at radius 3 is 2.86 bits per heavy atom. The fourth-order valence-corrected chi connectivity index (χ4v) is 2.60. The Labute approximate surface area is 134 Å². The zero-order valence-corrected chi connectivity index (χ0v) is 13.1. The SMILES string of the molecule is CCc1nnsc1C(=O)Nc1n[nH]c(-c2ccc(Cl)cc2)n1. The highest BCUT2D eigenvalue weighted by Gasteiger charge is 2.17. The number of aromatic nitrogens is 5. The molecule has 0 aliphatic carbocycles. The van der Waals surface area contributed by atoms with E-state index in [-0.39, 0.29) is 11.9 Å². The van der Waals surface area contributed by atoms with Crippen LogP contribution in [0.1, 0.15) is 22.3 Å². The van der Waals surface area contributed by atoms with Gasteiger partial charge in [0.05, 0.1) is 5.69 Å². The van der Waals surface area contributed by atoms with Gasteiger partial charge in [0, 0.05) is 10.6 Å². The van der Waals surface area contributed by atoms with Crippen molar-refractivity contribution < 1.29 is 4.79 Å². The van der Waals surface area contributed by atoms with E-state index < -0.39 is 0 Å². The van der Waals surface area contributed by atoms with Crippen LogP contribution in [0, 0.1) is 0 Å². The lowest BCUT2D eigenvalue weighted by Gasteiger charge is -1.98. The van der Waals surface area contributed by atoms with E-state index in [1.807, 2.05) is 19.1 Å². The van der Waals surface area contributed by atoms with Gasteiger partial charge in [-0.3, -0.25) is 15.2 Å². The molecule has 1 aromatic carbocycles. The molecule has 3 rings (SSSR count). The number of aromatic amines is 1. The minimum Gasteiger partial charge on any atom is -0.288 e. The summed E-state index contributed by atoms with van der Waals surface area (Å²) in [5.41, 5.74) is 1.49. The molecule has 0 unspecified atom stereocenters. The summed E-state index contributed by atoms with van der Waals surface area (Å²) in [5, 5.41) is 13.9. The normalized spacial score (nSPS) is 10.6. The fraction of sp³-hybridized carbons (Fsp3) is 0.154. The highest BCUT2D eigenvalue weighted by atomic mass is 35.5. The van der Waals surface area contributed by atoms with Gasteiger partial charge in [0.1, 0.15) is 4.88 Å². The number of aryl methyl sites for hydroxylation is 1. The van der Waals surface area contributed by atoms with Crippen LogP contribution < -0.4 is 5.32 Å². The van der Waals surface area contributed by atoms with E-state index in [9.17, 15) is 4.79 Å². The van der Waals surface area contributed by atoms with Crippen LogP contribution in [0.25, 0.3) is 11.4 Å². The topological polar surface area (TPSA) is 96.5 Å². The number of amides is 1. The van der Waals surface area contributed by atoms with Gasteiger partial charge in [-0.15, -0.1) is 10.2 Å². The lowest BCUT2D eigenvalue weighted by atomic mass is 10.2. The predicted octanol–water partition coefficient (Wildman–Crippen LogP) is 2.79. The number of halogens is 1. The fourth-order valence-electron chi connectivity index (χ4n) is 1.83. The minimum atomic E-state index is -0.312. The monoisotopic (exact) mass is 334 g/mol. The van der Waals surface area contributed by atoms with Crippen LogP contribution in [-0.4, -0.2) is 30.7 Å². The van der Waals surface area contributed by atoms with Gasteiger partial charge >= 0.3 is 0 Å². The lowest BCUT2D eigenvalue weighted by molar-refractivity contribution is 0.102. The van der Waals surface area contributed by atoms with Gasteiger partial charge in [0.2, 0.25) is 5.95 Å². The summed E-state index contributed by atoms with van der Waals surface area (Å²) in [7, 11) is 0. The number of carbonyl (C=O) groups is 1. The van der Waals surface area contributed by atoms with Gasteiger partial charge in [0.25, 0.3) is 5.91 Å². The molecule has 0 bridgehead atoms. The second-order valence-corrected chi connectivity index (χ2v) is 5.56. The molecule has 2 aromatic heterocycles. The first kappa shape index (κ1) is 14.6. The Morgan fingerprint density at radius 2 is 2.14 bits per heavy atom. The molecule has 0 radical (unpaired) electrons. The van der Waals surface area contributed by atoms with Crippen molar-refractivity contribution in [2.24, 2.45) is 0 Å². The first-order valence-corrected chi connectivity index (χ1v) is 7.63. The molecule has 0 aliphatic rings. The second-order valence-electron chi connectivity index (χ2n) is 4.37. The number of nitrogens with one attached hydrogen (secondary N) is 2. The Hall–Kier alpha value is -2.32. The molecule has 0 atom stereocenters. The molecule has 3 aromatic rings. The standard InChI is InChI=1S/C13H11ClN6OS/c1-2-9-10(22-20-17-9)12(21)16-13-15-11(18-19-13)7-3-5-8(14)6-4-7/h3-6H,2H2,1H3,(H2,15,16,18,19,21). The lowest BCUT2D eigenvalue weighted by Crippen LogP contribution is -2.13. The van der Waals surface area contributed by atoms with Crippen LogP contribution in [-0.2, 0) is 6.42 Å². The number of rotatable bonds is 4. The van der Waals surface area contributed by atoms with Crippen molar-refractivity contribution in [1.29, 1.82) is 0 Å². The van der Waals surface area contributed by atoms with Crippen LogP contribution in [0.3, 0.4) is 0 Å². The number of hydrogen-bond acceptors (Lipinski definition) is 6. The van der Waals surface area contributed by atoms with E-state index in [4.69, 9.17) is 11.6 Å². The molecule has 0 aliphatic heterocycles. The average molecular weight is 335 g/mol. The summed E-state index contributed by atoms with van der Waals surface area (Å²) >= 11 is 6.90. The second kappa shape index (κ2) is 6.20. The Kier molecular flexibility index (Phi) is 4.12. The van der Waals surface area contributed by atoms with Crippen LogP contribution >= 0.6 is 23.1 Å². The number of hydrogen-bond donors (Lipinski definition) is 2. The first-order valence-electron chi connectivity index (χ1n) is 6.48. The largest absolute Gasteiger partial charge is 0.288 e. The molecule has 2 N–H and O–H groups in total. The summed E-state index contributed by atoms with van der Waals surface area (Å²) in [6, 6.07) is 7.15. The average Bonchev–Trinajstić information content (AvgIpc) is 3.16. The quantitative estimate of drug-likeness (QED) is 0.764. The molecule has 22 heavy (non-hydrogen) atoms. The van der Waals surface area contributed by atoms with E-state index in [1.54, 1.807) is 12.1 Å². The van der Waals surface area contributed by atoms with Crippen molar-refractivity contribution in [2.45, 2.75) is 13.3 Å². The smallest absolute Gasteiger partial charge is 0.271 e. The summed E-state index contributed by atoms with van der Waals surface area (Å²) in [6.45, 7) is 1.92.